The number of phenolic OH excluding ortho intramolecular Hbond substituents is 1. The molecule has 2 aliphatic rings. The van der Waals surface area contributed by atoms with Crippen LogP contribution in [0.1, 0.15) is 46.3 Å². The number of hydrogen-bond donors (Lipinski definition) is 1. The Morgan fingerprint density at radius 3 is 2.50 bits per heavy atom. The van der Waals surface area contributed by atoms with Crippen LogP contribution in [0.4, 0.5) is 0 Å². The summed E-state index contributed by atoms with van der Waals surface area (Å²) in [5, 5.41) is 15.8. The number of hydrazone groups is 1. The van der Waals surface area contributed by atoms with Crippen molar-refractivity contribution in [2.45, 2.75) is 32.1 Å². The average Bonchev–Trinajstić information content (AvgIpc) is 3.22. The fourth-order valence-electron chi connectivity index (χ4n) is 3.69. The Kier molecular flexibility index (Phi) is 5.10. The molecule has 0 unspecified atom stereocenters. The van der Waals surface area contributed by atoms with Crippen LogP contribution in [0.3, 0.4) is 0 Å². The van der Waals surface area contributed by atoms with Gasteiger partial charge in [-0.3, -0.25) is 4.79 Å². The molecule has 1 aliphatic carbocycles. The van der Waals surface area contributed by atoms with Gasteiger partial charge in [0.1, 0.15) is 11.3 Å². The molecule has 0 fully saturated rings. The third kappa shape index (κ3) is 3.76. The molecule has 1 aliphatic heterocycles. The largest absolute Gasteiger partial charge is 0.507 e. The van der Waals surface area contributed by atoms with E-state index in [9.17, 15) is 14.7 Å². The highest BCUT2D eigenvalue weighted by atomic mass is 16.5. The summed E-state index contributed by atoms with van der Waals surface area (Å²) in [5.41, 5.74) is 4.08. The second kappa shape index (κ2) is 7.84. The molecular weight excluding hydrogens is 356 g/mol. The predicted molar refractivity (Wildman–Crippen MR) is 104 cm³/mol. The van der Waals surface area contributed by atoms with Crippen LogP contribution in [-0.2, 0) is 22.4 Å². The zero-order valence-electron chi connectivity index (χ0n) is 15.6. The van der Waals surface area contributed by atoms with Crippen molar-refractivity contribution >= 4 is 17.6 Å². The third-order valence-electron chi connectivity index (χ3n) is 5.20. The smallest absolute Gasteiger partial charge is 0.342 e. The van der Waals surface area contributed by atoms with Crippen LogP contribution < -0.4 is 0 Å². The van der Waals surface area contributed by atoms with Crippen molar-refractivity contribution in [3.63, 3.8) is 0 Å². The van der Waals surface area contributed by atoms with Crippen molar-refractivity contribution in [3.05, 3.63) is 64.7 Å². The number of ether oxygens (including phenoxy) is 1. The van der Waals surface area contributed by atoms with E-state index < -0.39 is 12.6 Å². The number of amides is 1. The molecule has 0 atom stereocenters. The lowest BCUT2D eigenvalue weighted by Crippen LogP contribution is -2.28. The minimum Gasteiger partial charge on any atom is -0.507 e. The Labute approximate surface area is 163 Å². The van der Waals surface area contributed by atoms with Gasteiger partial charge in [-0.1, -0.05) is 30.3 Å². The predicted octanol–water partition coefficient (Wildman–Crippen LogP) is 3.06. The van der Waals surface area contributed by atoms with Crippen molar-refractivity contribution in [2.24, 2.45) is 5.10 Å². The molecule has 1 N–H and O–H groups in total. The maximum atomic E-state index is 12.4. The highest BCUT2D eigenvalue weighted by Gasteiger charge is 2.24. The number of hydrogen-bond acceptors (Lipinski definition) is 5. The van der Waals surface area contributed by atoms with Gasteiger partial charge in [0.15, 0.2) is 6.61 Å². The lowest BCUT2D eigenvalue weighted by molar-refractivity contribution is -0.134. The van der Waals surface area contributed by atoms with E-state index in [1.165, 1.54) is 5.01 Å². The van der Waals surface area contributed by atoms with Crippen molar-refractivity contribution in [1.29, 1.82) is 0 Å². The molecule has 0 radical (unpaired) electrons. The number of benzene rings is 2. The van der Waals surface area contributed by atoms with Crippen LogP contribution in [0.5, 0.6) is 5.75 Å². The molecule has 2 aromatic carbocycles. The standard InChI is InChI=1S/C22H22N2O4/c25-20-13-17-9-5-4-8-16(17)12-18(20)22(27)28-14-21(26)24-11-10-19(23-24)15-6-2-1-3-7-15/h1-3,6-7,12-13,25H,4-5,8-11,14H2. The summed E-state index contributed by atoms with van der Waals surface area (Å²) in [6, 6.07) is 13.0. The van der Waals surface area contributed by atoms with Crippen LogP contribution in [0.25, 0.3) is 0 Å². The van der Waals surface area contributed by atoms with Gasteiger partial charge in [0, 0.05) is 6.42 Å². The van der Waals surface area contributed by atoms with E-state index in [2.05, 4.69) is 5.10 Å². The van der Waals surface area contributed by atoms with Crippen molar-refractivity contribution < 1.29 is 19.4 Å². The molecule has 144 valence electrons. The zero-order chi connectivity index (χ0) is 19.5. The summed E-state index contributed by atoms with van der Waals surface area (Å²) in [4.78, 5) is 24.7. The number of esters is 1. The second-order valence-corrected chi connectivity index (χ2v) is 7.10. The minimum absolute atomic E-state index is 0.0938. The third-order valence-corrected chi connectivity index (χ3v) is 5.20. The lowest BCUT2D eigenvalue weighted by atomic mass is 9.90. The molecule has 0 spiro atoms. The highest BCUT2D eigenvalue weighted by Crippen LogP contribution is 2.29. The van der Waals surface area contributed by atoms with Gasteiger partial charge in [0.2, 0.25) is 0 Å². The fraction of sp³-hybridized carbons (Fsp3) is 0.318. The topological polar surface area (TPSA) is 79.2 Å². The Balaban J connectivity index is 1.39. The van der Waals surface area contributed by atoms with E-state index in [0.29, 0.717) is 13.0 Å². The van der Waals surface area contributed by atoms with Crippen LogP contribution >= 0.6 is 0 Å². The summed E-state index contributed by atoms with van der Waals surface area (Å²) >= 11 is 0. The Hall–Kier alpha value is -3.15. The van der Waals surface area contributed by atoms with E-state index in [-0.39, 0.29) is 17.2 Å². The first-order valence-corrected chi connectivity index (χ1v) is 9.57. The van der Waals surface area contributed by atoms with Gasteiger partial charge in [-0.15, -0.1) is 0 Å². The van der Waals surface area contributed by atoms with E-state index in [4.69, 9.17) is 4.74 Å². The van der Waals surface area contributed by atoms with Crippen LogP contribution in [-0.4, -0.2) is 40.9 Å². The highest BCUT2D eigenvalue weighted by molar-refractivity contribution is 6.02. The molecule has 2 aromatic rings. The SMILES string of the molecule is O=C(OCC(=O)N1CCC(c2ccccc2)=N1)c1cc2c(cc1O)CCCC2. The number of aromatic hydroxyl groups is 1. The molecule has 6 nitrogen and oxygen atoms in total. The van der Waals surface area contributed by atoms with Crippen LogP contribution in [0.2, 0.25) is 0 Å². The molecule has 0 bridgehead atoms. The molecule has 4 rings (SSSR count). The zero-order valence-corrected chi connectivity index (χ0v) is 15.6. The van der Waals surface area contributed by atoms with Crippen LogP contribution in [0.15, 0.2) is 47.6 Å². The Morgan fingerprint density at radius 1 is 1.04 bits per heavy atom. The Bertz CT molecular complexity index is 937. The number of carbonyl (C=O) groups excluding carboxylic acids is 2. The summed E-state index contributed by atoms with van der Waals surface area (Å²) < 4.78 is 5.16. The molecule has 0 aromatic heterocycles. The number of phenols is 1. The van der Waals surface area contributed by atoms with Gasteiger partial charge >= 0.3 is 5.97 Å². The fourth-order valence-corrected chi connectivity index (χ4v) is 3.69. The molecule has 1 amide bonds. The summed E-state index contributed by atoms with van der Waals surface area (Å²) in [6.07, 6.45) is 4.62. The summed E-state index contributed by atoms with van der Waals surface area (Å²) in [7, 11) is 0. The number of fused-ring (bicyclic) bond motifs is 1. The molecule has 28 heavy (non-hydrogen) atoms. The number of nitrogens with zero attached hydrogens (tertiary/aromatic N) is 2. The van der Waals surface area contributed by atoms with Gasteiger partial charge in [-0.2, -0.15) is 5.10 Å². The molecule has 0 saturated carbocycles. The summed E-state index contributed by atoms with van der Waals surface area (Å²) in [5.74, 6) is -1.16. The quantitative estimate of drug-likeness (QED) is 0.830. The van der Waals surface area contributed by atoms with Crippen molar-refractivity contribution in [2.75, 3.05) is 13.2 Å². The van der Waals surface area contributed by atoms with Gasteiger partial charge < -0.3 is 9.84 Å². The monoisotopic (exact) mass is 378 g/mol. The summed E-state index contributed by atoms with van der Waals surface area (Å²) in [6.45, 7) is 0.0611. The number of rotatable bonds is 4. The first-order chi connectivity index (χ1) is 13.6. The van der Waals surface area contributed by atoms with Gasteiger partial charge in [0.25, 0.3) is 5.91 Å². The Morgan fingerprint density at radius 2 is 1.75 bits per heavy atom. The first-order valence-electron chi connectivity index (χ1n) is 9.57. The van der Waals surface area contributed by atoms with Gasteiger partial charge in [0.05, 0.1) is 12.3 Å². The van der Waals surface area contributed by atoms with E-state index in [1.54, 1.807) is 12.1 Å². The molecular formula is C22H22N2O4. The minimum atomic E-state index is -0.689. The van der Waals surface area contributed by atoms with E-state index >= 15 is 0 Å². The average molecular weight is 378 g/mol. The maximum absolute atomic E-state index is 12.4. The second-order valence-electron chi connectivity index (χ2n) is 7.10. The van der Waals surface area contributed by atoms with Gasteiger partial charge in [-0.05, 0) is 54.5 Å². The molecule has 1 heterocycles. The maximum Gasteiger partial charge on any atom is 0.342 e. The van der Waals surface area contributed by atoms with E-state index in [0.717, 1.165) is 48.1 Å². The normalized spacial score (nSPS) is 15.7. The number of carbonyl (C=O) groups is 2. The molecule has 0 saturated heterocycles. The van der Waals surface area contributed by atoms with Gasteiger partial charge in [-0.25, -0.2) is 9.80 Å². The number of aryl methyl sites for hydroxylation is 2. The van der Waals surface area contributed by atoms with E-state index in [1.807, 2.05) is 30.3 Å². The van der Waals surface area contributed by atoms with Crippen molar-refractivity contribution in [3.8, 4) is 5.75 Å². The van der Waals surface area contributed by atoms with Crippen LogP contribution in [0, 0.1) is 0 Å². The first kappa shape index (κ1) is 18.2. The molecule has 6 heteroatoms. The lowest BCUT2D eigenvalue weighted by Gasteiger charge is -2.17. The van der Waals surface area contributed by atoms with Crippen molar-refractivity contribution in [1.82, 2.24) is 5.01 Å².